The molecule has 0 amide bonds. The second kappa shape index (κ2) is 6.17. The normalized spacial score (nSPS) is 11.1. The van der Waals surface area contributed by atoms with Gasteiger partial charge in [-0.25, -0.2) is 9.32 Å². The zero-order valence-electron chi connectivity index (χ0n) is 12.0. The molecule has 21 heavy (non-hydrogen) atoms. The van der Waals surface area contributed by atoms with E-state index in [1.807, 2.05) is 43.3 Å². The van der Waals surface area contributed by atoms with Gasteiger partial charge in [-0.2, -0.15) is 0 Å². The summed E-state index contributed by atoms with van der Waals surface area (Å²) in [6.07, 6.45) is 0. The van der Waals surface area contributed by atoms with Crippen LogP contribution < -0.4 is 4.89 Å². The van der Waals surface area contributed by atoms with Crippen LogP contribution in [0.25, 0.3) is 11.1 Å². The van der Waals surface area contributed by atoms with Gasteiger partial charge >= 0.3 is 14.2 Å². The molecule has 2 aromatic carbocycles. The highest BCUT2D eigenvalue weighted by molar-refractivity contribution is 7.31. The number of benzene rings is 2. The third-order valence-electron chi connectivity index (χ3n) is 3.40. The highest BCUT2D eigenvalue weighted by atomic mass is 31.1. The third-order valence-corrected chi connectivity index (χ3v) is 3.71. The number of carbonyl (C=O) groups is 1. The van der Waals surface area contributed by atoms with Crippen molar-refractivity contribution in [3.8, 4) is 11.1 Å². The van der Waals surface area contributed by atoms with Gasteiger partial charge in [0.1, 0.15) is 0 Å². The lowest BCUT2D eigenvalue weighted by Gasteiger charge is -2.15. The van der Waals surface area contributed by atoms with Crippen molar-refractivity contribution in [1.82, 2.24) is 0 Å². The van der Waals surface area contributed by atoms with Gasteiger partial charge in [0.15, 0.2) is 0 Å². The molecule has 0 fully saturated rings. The first-order valence-electron chi connectivity index (χ1n) is 6.44. The Bertz CT molecular complexity index is 708. The van der Waals surface area contributed by atoms with Crippen LogP contribution in [0.4, 0.5) is 0 Å². The van der Waals surface area contributed by atoms with Crippen LogP contribution in [-0.2, 0) is 9.09 Å². The molecule has 0 spiro atoms. The topological polar surface area (TPSA) is 66.4 Å². The Balaban J connectivity index is 2.64. The Morgan fingerprint density at radius 2 is 1.71 bits per heavy atom. The lowest BCUT2D eigenvalue weighted by atomic mass is 9.89. The van der Waals surface area contributed by atoms with E-state index in [1.54, 1.807) is 13.8 Å². The molecule has 0 aromatic heterocycles. The minimum atomic E-state index is -3.21. The molecule has 0 bridgehead atoms. The first kappa shape index (κ1) is 15.4. The first-order valence-corrected chi connectivity index (χ1v) is 7.54. The van der Waals surface area contributed by atoms with Gasteiger partial charge in [-0.15, -0.1) is 0 Å². The van der Waals surface area contributed by atoms with E-state index in [-0.39, 0.29) is 0 Å². The molecule has 0 N–H and O–H groups in total. The van der Waals surface area contributed by atoms with Crippen LogP contribution in [-0.4, -0.2) is 5.97 Å². The van der Waals surface area contributed by atoms with Crippen molar-refractivity contribution < 1.29 is 18.8 Å². The van der Waals surface area contributed by atoms with E-state index in [4.69, 9.17) is 0 Å². The van der Waals surface area contributed by atoms with E-state index in [0.29, 0.717) is 11.1 Å². The summed E-state index contributed by atoms with van der Waals surface area (Å²) in [5.74, 6) is -0.835. The zero-order valence-corrected chi connectivity index (χ0v) is 12.9. The van der Waals surface area contributed by atoms with E-state index in [2.05, 4.69) is 4.52 Å². The van der Waals surface area contributed by atoms with E-state index in [1.165, 1.54) is 0 Å². The van der Waals surface area contributed by atoms with Crippen LogP contribution in [0, 0.1) is 20.8 Å². The fraction of sp³-hybridized carbons (Fsp3) is 0.188. The maximum absolute atomic E-state index is 12.0. The smallest absolute Gasteiger partial charge is 0.542 e. The molecule has 0 heterocycles. The van der Waals surface area contributed by atoms with Crippen LogP contribution >= 0.6 is 8.25 Å². The van der Waals surface area contributed by atoms with Gasteiger partial charge in [-0.3, -0.25) is 0 Å². The Labute approximate surface area is 124 Å². The number of rotatable bonds is 3. The van der Waals surface area contributed by atoms with Crippen LogP contribution in [0.2, 0.25) is 0 Å². The Hall–Kier alpha value is -2.03. The molecule has 0 saturated carbocycles. The van der Waals surface area contributed by atoms with Crippen LogP contribution in [0.3, 0.4) is 0 Å². The maximum atomic E-state index is 12.0. The SMILES string of the molecule is Cc1cc(C)c(-c2ccccc2)c(C)c1C(=O)O[P+](=O)[O-]. The highest BCUT2D eigenvalue weighted by Crippen LogP contribution is 2.32. The average molecular weight is 302 g/mol. The Kier molecular flexibility index (Phi) is 4.51. The summed E-state index contributed by atoms with van der Waals surface area (Å²) in [4.78, 5) is 22.6. The molecule has 0 radical (unpaired) electrons. The van der Waals surface area contributed by atoms with E-state index >= 15 is 0 Å². The summed E-state index contributed by atoms with van der Waals surface area (Å²) in [7, 11) is -3.21. The summed E-state index contributed by atoms with van der Waals surface area (Å²) >= 11 is 0. The zero-order chi connectivity index (χ0) is 15.6. The first-order chi connectivity index (χ1) is 9.91. The van der Waals surface area contributed by atoms with Gasteiger partial charge < -0.3 is 4.89 Å². The summed E-state index contributed by atoms with van der Waals surface area (Å²) < 4.78 is 15.0. The third kappa shape index (κ3) is 3.18. The molecule has 0 saturated heterocycles. The van der Waals surface area contributed by atoms with E-state index in [0.717, 1.165) is 22.3 Å². The predicted molar refractivity (Wildman–Crippen MR) is 79.1 cm³/mol. The number of hydrogen-bond donors (Lipinski definition) is 0. The van der Waals surface area contributed by atoms with Crippen molar-refractivity contribution in [1.29, 1.82) is 0 Å². The minimum absolute atomic E-state index is 0.304. The van der Waals surface area contributed by atoms with Gasteiger partial charge in [-0.05, 0) is 53.2 Å². The van der Waals surface area contributed by atoms with Crippen molar-refractivity contribution in [3.05, 3.63) is 58.7 Å². The highest BCUT2D eigenvalue weighted by Gasteiger charge is 2.23. The second-order valence-electron chi connectivity index (χ2n) is 4.85. The monoisotopic (exact) mass is 302 g/mol. The van der Waals surface area contributed by atoms with Gasteiger partial charge in [0.05, 0.1) is 5.56 Å². The quantitative estimate of drug-likeness (QED) is 0.814. The molecule has 1 atom stereocenters. The standard InChI is InChI=1S/C16H15O4P/c1-10-9-11(2)15(16(17)20-21(18)19)12(3)14(10)13-7-5-4-6-8-13/h4-9H,1-3H3. The lowest BCUT2D eigenvalue weighted by molar-refractivity contribution is -0.181. The van der Waals surface area contributed by atoms with Crippen molar-refractivity contribution in [2.24, 2.45) is 0 Å². The molecule has 5 heteroatoms. The summed E-state index contributed by atoms with van der Waals surface area (Å²) in [6.45, 7) is 5.53. The van der Waals surface area contributed by atoms with Gasteiger partial charge in [0.2, 0.25) is 0 Å². The summed E-state index contributed by atoms with van der Waals surface area (Å²) in [6, 6.07) is 11.5. The van der Waals surface area contributed by atoms with Crippen LogP contribution in [0.15, 0.2) is 36.4 Å². The molecule has 2 aromatic rings. The number of aryl methyl sites for hydroxylation is 2. The van der Waals surface area contributed by atoms with E-state index < -0.39 is 14.2 Å². The van der Waals surface area contributed by atoms with Gasteiger partial charge in [-0.1, -0.05) is 36.4 Å². The average Bonchev–Trinajstić information content (AvgIpc) is 2.38. The maximum Gasteiger partial charge on any atom is 0.542 e. The molecule has 2 rings (SSSR count). The summed E-state index contributed by atoms with van der Waals surface area (Å²) in [5.41, 5.74) is 4.66. The number of hydrogen-bond acceptors (Lipinski definition) is 4. The lowest BCUT2D eigenvalue weighted by Crippen LogP contribution is -2.09. The van der Waals surface area contributed by atoms with Crippen molar-refractivity contribution in [3.63, 3.8) is 0 Å². The second-order valence-corrected chi connectivity index (χ2v) is 5.48. The molecule has 4 nitrogen and oxygen atoms in total. The predicted octanol–water partition coefficient (Wildman–Crippen LogP) is 3.45. The fourth-order valence-electron chi connectivity index (χ4n) is 2.66. The molecule has 0 aliphatic heterocycles. The Morgan fingerprint density at radius 3 is 2.29 bits per heavy atom. The largest absolute Gasteiger partial charge is 0.558 e. The van der Waals surface area contributed by atoms with Gasteiger partial charge in [0, 0.05) is 0 Å². The van der Waals surface area contributed by atoms with Crippen molar-refractivity contribution in [2.75, 3.05) is 0 Å². The molecule has 0 aliphatic carbocycles. The van der Waals surface area contributed by atoms with Crippen molar-refractivity contribution >= 4 is 14.2 Å². The minimum Gasteiger partial charge on any atom is -0.558 e. The van der Waals surface area contributed by atoms with Crippen molar-refractivity contribution in [2.45, 2.75) is 20.8 Å². The molecular formula is C16H15O4P. The van der Waals surface area contributed by atoms with Crippen LogP contribution in [0.5, 0.6) is 0 Å². The molecule has 1 unspecified atom stereocenters. The molecular weight excluding hydrogens is 287 g/mol. The van der Waals surface area contributed by atoms with E-state index in [9.17, 15) is 14.3 Å². The Morgan fingerprint density at radius 1 is 1.10 bits per heavy atom. The molecule has 108 valence electrons. The van der Waals surface area contributed by atoms with Crippen LogP contribution in [0.1, 0.15) is 27.0 Å². The molecule has 0 aliphatic rings. The summed E-state index contributed by atoms with van der Waals surface area (Å²) in [5, 5.41) is 0. The van der Waals surface area contributed by atoms with Gasteiger partial charge in [0.25, 0.3) is 0 Å². The number of carbonyl (C=O) groups excluding carboxylic acids is 1. The fourth-order valence-corrected chi connectivity index (χ4v) is 2.89.